The predicted octanol–water partition coefficient (Wildman–Crippen LogP) is 1.46. The number of nitrogens with zero attached hydrogens (tertiary/aromatic N) is 2. The van der Waals surface area contributed by atoms with E-state index in [1.165, 1.54) is 25.7 Å². The zero-order valence-electron chi connectivity index (χ0n) is 9.01. The lowest BCUT2D eigenvalue weighted by Gasteiger charge is -2.27. The molecule has 0 aliphatic carbocycles. The van der Waals surface area contributed by atoms with Crippen LogP contribution in [0.4, 0.5) is 0 Å². The molecule has 0 spiro atoms. The van der Waals surface area contributed by atoms with Gasteiger partial charge in [-0.05, 0) is 19.3 Å². The summed E-state index contributed by atoms with van der Waals surface area (Å²) in [6.45, 7) is 3.41. The van der Waals surface area contributed by atoms with Crippen LogP contribution in [0.2, 0.25) is 0 Å². The molecular formula is C10H21N3. The molecule has 1 aliphatic heterocycles. The molecule has 0 saturated carbocycles. The second-order valence-electron chi connectivity index (χ2n) is 3.58. The molecule has 1 unspecified atom stereocenters. The van der Waals surface area contributed by atoms with Gasteiger partial charge in [0.1, 0.15) is 0 Å². The second kappa shape index (κ2) is 5.10. The summed E-state index contributed by atoms with van der Waals surface area (Å²) in [5.74, 6) is 1.05. The summed E-state index contributed by atoms with van der Waals surface area (Å²) in [6.07, 6.45) is 5.20. The van der Waals surface area contributed by atoms with Gasteiger partial charge >= 0.3 is 0 Å². The molecule has 0 bridgehead atoms. The summed E-state index contributed by atoms with van der Waals surface area (Å²) in [5.41, 5.74) is 0. The van der Waals surface area contributed by atoms with E-state index in [1.807, 2.05) is 14.1 Å². The number of likely N-dealkylation sites (tertiary alicyclic amines) is 1. The Hall–Kier alpha value is -0.730. The van der Waals surface area contributed by atoms with Crippen LogP contribution in [0, 0.1) is 0 Å². The molecule has 0 amide bonds. The molecule has 0 aromatic carbocycles. The fraction of sp³-hybridized carbons (Fsp3) is 0.900. The Bertz CT molecular complexity index is 177. The van der Waals surface area contributed by atoms with Gasteiger partial charge in [-0.15, -0.1) is 0 Å². The molecule has 1 rings (SSSR count). The van der Waals surface area contributed by atoms with Gasteiger partial charge in [0.25, 0.3) is 0 Å². The molecule has 76 valence electrons. The van der Waals surface area contributed by atoms with E-state index in [2.05, 4.69) is 22.1 Å². The van der Waals surface area contributed by atoms with E-state index in [1.54, 1.807) is 0 Å². The number of aliphatic imine (C=N–C) groups is 1. The van der Waals surface area contributed by atoms with Crippen LogP contribution in [0.1, 0.15) is 32.6 Å². The average Bonchev–Trinajstić information content (AvgIpc) is 2.57. The molecule has 3 nitrogen and oxygen atoms in total. The normalized spacial score (nSPS) is 23.8. The summed E-state index contributed by atoms with van der Waals surface area (Å²) in [7, 11) is 3.80. The molecule has 1 atom stereocenters. The fourth-order valence-corrected chi connectivity index (χ4v) is 2.13. The zero-order chi connectivity index (χ0) is 9.68. The van der Waals surface area contributed by atoms with Gasteiger partial charge in [-0.2, -0.15) is 0 Å². The third kappa shape index (κ3) is 2.36. The molecule has 1 heterocycles. The van der Waals surface area contributed by atoms with Crippen molar-refractivity contribution in [1.29, 1.82) is 0 Å². The maximum Gasteiger partial charge on any atom is 0.193 e. The van der Waals surface area contributed by atoms with Crippen molar-refractivity contribution in [2.75, 3.05) is 20.6 Å². The van der Waals surface area contributed by atoms with Crippen molar-refractivity contribution >= 4 is 5.96 Å². The van der Waals surface area contributed by atoms with Crippen molar-refractivity contribution in [2.24, 2.45) is 4.99 Å². The predicted molar refractivity (Wildman–Crippen MR) is 57.1 cm³/mol. The van der Waals surface area contributed by atoms with Gasteiger partial charge in [0.2, 0.25) is 0 Å². The lowest BCUT2D eigenvalue weighted by atomic mass is 10.1. The number of nitrogens with one attached hydrogen (secondary N) is 1. The maximum absolute atomic E-state index is 4.25. The van der Waals surface area contributed by atoms with Crippen LogP contribution in [-0.4, -0.2) is 37.5 Å². The Morgan fingerprint density at radius 1 is 1.62 bits per heavy atom. The number of hydrogen-bond donors (Lipinski definition) is 1. The highest BCUT2D eigenvalue weighted by Gasteiger charge is 2.25. The first-order chi connectivity index (χ1) is 6.33. The first kappa shape index (κ1) is 10.4. The molecule has 13 heavy (non-hydrogen) atoms. The summed E-state index contributed by atoms with van der Waals surface area (Å²) in [4.78, 5) is 6.66. The van der Waals surface area contributed by atoms with E-state index in [9.17, 15) is 0 Å². The van der Waals surface area contributed by atoms with E-state index in [0.717, 1.165) is 18.5 Å². The minimum atomic E-state index is 0.719. The molecule has 0 radical (unpaired) electrons. The molecule has 1 fully saturated rings. The minimum absolute atomic E-state index is 0.719. The summed E-state index contributed by atoms with van der Waals surface area (Å²) >= 11 is 0. The largest absolute Gasteiger partial charge is 0.359 e. The Kier molecular flexibility index (Phi) is 4.06. The van der Waals surface area contributed by atoms with Crippen molar-refractivity contribution < 1.29 is 0 Å². The SMILES string of the molecule is CCCC1CCCN1C(=NC)NC. The van der Waals surface area contributed by atoms with Crippen LogP contribution >= 0.6 is 0 Å². The maximum atomic E-state index is 4.25. The van der Waals surface area contributed by atoms with Crippen LogP contribution in [-0.2, 0) is 0 Å². The monoisotopic (exact) mass is 183 g/mol. The third-order valence-corrected chi connectivity index (χ3v) is 2.71. The van der Waals surface area contributed by atoms with Crippen molar-refractivity contribution in [3.8, 4) is 0 Å². The molecule has 1 saturated heterocycles. The van der Waals surface area contributed by atoms with Gasteiger partial charge in [-0.3, -0.25) is 4.99 Å². The van der Waals surface area contributed by atoms with E-state index < -0.39 is 0 Å². The summed E-state index contributed by atoms with van der Waals surface area (Å²) in [5, 5.41) is 3.16. The lowest BCUT2D eigenvalue weighted by Crippen LogP contribution is -2.42. The van der Waals surface area contributed by atoms with Crippen molar-refractivity contribution in [2.45, 2.75) is 38.6 Å². The Morgan fingerprint density at radius 2 is 2.38 bits per heavy atom. The highest BCUT2D eigenvalue weighted by atomic mass is 15.3. The highest BCUT2D eigenvalue weighted by Crippen LogP contribution is 2.20. The minimum Gasteiger partial charge on any atom is -0.359 e. The molecule has 1 N–H and O–H groups in total. The van der Waals surface area contributed by atoms with Crippen LogP contribution in [0.3, 0.4) is 0 Å². The van der Waals surface area contributed by atoms with E-state index in [-0.39, 0.29) is 0 Å². The quantitative estimate of drug-likeness (QED) is 0.518. The average molecular weight is 183 g/mol. The standard InChI is InChI=1S/C10H21N3/c1-4-6-9-7-5-8-13(9)10(11-2)12-3/h9H,4-8H2,1-3H3,(H,11,12). The van der Waals surface area contributed by atoms with Crippen molar-refractivity contribution in [1.82, 2.24) is 10.2 Å². The summed E-state index contributed by atoms with van der Waals surface area (Å²) < 4.78 is 0. The van der Waals surface area contributed by atoms with E-state index in [4.69, 9.17) is 0 Å². The third-order valence-electron chi connectivity index (χ3n) is 2.71. The van der Waals surface area contributed by atoms with Gasteiger partial charge in [0.05, 0.1) is 0 Å². The van der Waals surface area contributed by atoms with Gasteiger partial charge in [-0.25, -0.2) is 0 Å². The molecular weight excluding hydrogens is 162 g/mol. The lowest BCUT2D eigenvalue weighted by molar-refractivity contribution is 0.356. The smallest absolute Gasteiger partial charge is 0.193 e. The van der Waals surface area contributed by atoms with Crippen LogP contribution < -0.4 is 5.32 Å². The van der Waals surface area contributed by atoms with Gasteiger partial charge in [0.15, 0.2) is 5.96 Å². The van der Waals surface area contributed by atoms with Crippen molar-refractivity contribution in [3.05, 3.63) is 0 Å². The molecule has 1 aliphatic rings. The Balaban J connectivity index is 2.56. The zero-order valence-corrected chi connectivity index (χ0v) is 9.01. The van der Waals surface area contributed by atoms with Gasteiger partial charge in [0, 0.05) is 26.7 Å². The van der Waals surface area contributed by atoms with Crippen molar-refractivity contribution in [3.63, 3.8) is 0 Å². The van der Waals surface area contributed by atoms with E-state index >= 15 is 0 Å². The summed E-state index contributed by atoms with van der Waals surface area (Å²) in [6, 6.07) is 0.719. The topological polar surface area (TPSA) is 27.6 Å². The first-order valence-electron chi connectivity index (χ1n) is 5.24. The second-order valence-corrected chi connectivity index (χ2v) is 3.58. The molecule has 0 aromatic heterocycles. The van der Waals surface area contributed by atoms with E-state index in [0.29, 0.717) is 0 Å². The Morgan fingerprint density at radius 3 is 2.92 bits per heavy atom. The Labute approximate surface area is 81.2 Å². The van der Waals surface area contributed by atoms with Gasteiger partial charge < -0.3 is 10.2 Å². The molecule has 3 heteroatoms. The fourth-order valence-electron chi connectivity index (χ4n) is 2.13. The molecule has 0 aromatic rings. The first-order valence-corrected chi connectivity index (χ1v) is 5.24. The van der Waals surface area contributed by atoms with Crippen LogP contribution in [0.15, 0.2) is 4.99 Å². The van der Waals surface area contributed by atoms with Crippen LogP contribution in [0.25, 0.3) is 0 Å². The number of guanidine groups is 1. The number of rotatable bonds is 2. The number of hydrogen-bond acceptors (Lipinski definition) is 1. The van der Waals surface area contributed by atoms with Crippen LogP contribution in [0.5, 0.6) is 0 Å². The highest BCUT2D eigenvalue weighted by molar-refractivity contribution is 5.80. The van der Waals surface area contributed by atoms with Gasteiger partial charge in [-0.1, -0.05) is 13.3 Å².